The molecule has 3 fully saturated rings. The zero-order chi connectivity index (χ0) is 21.7. The van der Waals surface area contributed by atoms with Gasteiger partial charge in [-0.25, -0.2) is 0 Å². The van der Waals surface area contributed by atoms with Crippen LogP contribution in [0, 0.1) is 46.3 Å². The molecule has 0 bridgehead atoms. The van der Waals surface area contributed by atoms with Crippen LogP contribution in [-0.4, -0.2) is 10.9 Å². The first-order chi connectivity index (χ1) is 14.2. The third-order valence-electron chi connectivity index (χ3n) is 10.5. The van der Waals surface area contributed by atoms with Gasteiger partial charge in [0.05, 0.1) is 5.76 Å². The van der Waals surface area contributed by atoms with E-state index in [2.05, 4.69) is 40.3 Å². The molecule has 0 heterocycles. The van der Waals surface area contributed by atoms with Gasteiger partial charge in [-0.1, -0.05) is 58.8 Å². The summed E-state index contributed by atoms with van der Waals surface area (Å²) in [5, 5.41) is 9.60. The minimum absolute atomic E-state index is 0.225. The molecule has 2 heteroatoms. The number of carbonyl (C=O) groups is 1. The number of Topliss-reactive ketones (excluding diaryl/α,β-unsaturated/α-hetero) is 1. The average Bonchev–Trinajstić information content (AvgIpc) is 3.05. The summed E-state index contributed by atoms with van der Waals surface area (Å²) in [4.78, 5) is 12.1. The van der Waals surface area contributed by atoms with Crippen molar-refractivity contribution in [2.24, 2.45) is 46.3 Å². The highest BCUT2D eigenvalue weighted by Crippen LogP contribution is 2.66. The summed E-state index contributed by atoms with van der Waals surface area (Å²) in [6.07, 6.45) is 15.5. The maximum absolute atomic E-state index is 12.1. The fraction of sp³-hybridized carbons (Fsp3) is 0.821. The van der Waals surface area contributed by atoms with Crippen LogP contribution in [0.3, 0.4) is 0 Å². The molecular formula is C28H44O2. The Balaban J connectivity index is 1.46. The van der Waals surface area contributed by atoms with E-state index < -0.39 is 0 Å². The molecule has 30 heavy (non-hydrogen) atoms. The van der Waals surface area contributed by atoms with Crippen LogP contribution in [0.5, 0.6) is 0 Å². The lowest BCUT2D eigenvalue weighted by atomic mass is 9.47. The Kier molecular flexibility index (Phi) is 6.01. The second kappa shape index (κ2) is 8.14. The first kappa shape index (κ1) is 22.2. The van der Waals surface area contributed by atoms with Gasteiger partial charge in [0.15, 0.2) is 0 Å². The van der Waals surface area contributed by atoms with Crippen LogP contribution < -0.4 is 0 Å². The normalized spacial score (nSPS) is 42.5. The van der Waals surface area contributed by atoms with Crippen molar-refractivity contribution in [3.05, 3.63) is 24.0 Å². The summed E-state index contributed by atoms with van der Waals surface area (Å²) < 4.78 is 0. The van der Waals surface area contributed by atoms with Crippen molar-refractivity contribution in [3.63, 3.8) is 0 Å². The van der Waals surface area contributed by atoms with Crippen LogP contribution in [0.25, 0.3) is 0 Å². The van der Waals surface area contributed by atoms with Crippen molar-refractivity contribution >= 4 is 5.78 Å². The molecule has 0 aromatic rings. The summed E-state index contributed by atoms with van der Waals surface area (Å²) >= 11 is 0. The van der Waals surface area contributed by atoms with Crippen LogP contribution in [0.2, 0.25) is 0 Å². The van der Waals surface area contributed by atoms with Crippen molar-refractivity contribution in [1.29, 1.82) is 0 Å². The van der Waals surface area contributed by atoms with Crippen LogP contribution in [0.1, 0.15) is 98.3 Å². The molecule has 0 aliphatic heterocycles. The Bertz CT molecular complexity index is 720. The van der Waals surface area contributed by atoms with E-state index in [-0.39, 0.29) is 5.92 Å². The fourth-order valence-electron chi connectivity index (χ4n) is 8.39. The smallest absolute Gasteiger partial charge is 0.133 e. The number of hydrogen-bond donors (Lipinski definition) is 1. The van der Waals surface area contributed by atoms with Gasteiger partial charge in [0.25, 0.3) is 0 Å². The number of aliphatic hydroxyl groups excluding tert-OH is 1. The van der Waals surface area contributed by atoms with Crippen LogP contribution in [0.4, 0.5) is 0 Å². The molecule has 4 aliphatic rings. The van der Waals surface area contributed by atoms with E-state index in [4.69, 9.17) is 0 Å². The highest BCUT2D eigenvalue weighted by atomic mass is 16.3. The zero-order valence-electron chi connectivity index (χ0n) is 19.9. The Labute approximate surface area is 184 Å². The largest absolute Gasteiger partial charge is 0.513 e. The number of hydrogen-bond acceptors (Lipinski definition) is 2. The lowest BCUT2D eigenvalue weighted by Crippen LogP contribution is -2.49. The van der Waals surface area contributed by atoms with E-state index in [0.717, 1.165) is 55.8 Å². The monoisotopic (exact) mass is 412 g/mol. The molecule has 4 aliphatic carbocycles. The summed E-state index contributed by atoms with van der Waals surface area (Å²) in [5.74, 6) is 4.76. The Morgan fingerprint density at radius 1 is 1.13 bits per heavy atom. The number of ketones is 1. The molecule has 2 nitrogen and oxygen atoms in total. The Morgan fingerprint density at radius 2 is 1.87 bits per heavy atom. The minimum atomic E-state index is 0.225. The maximum atomic E-state index is 12.1. The minimum Gasteiger partial charge on any atom is -0.513 e. The molecule has 0 amide bonds. The predicted octanol–water partition coefficient (Wildman–Crippen LogP) is 7.65. The fourth-order valence-corrected chi connectivity index (χ4v) is 8.39. The molecule has 1 N–H and O–H groups in total. The second-order valence-electron chi connectivity index (χ2n) is 12.0. The number of carbonyl (C=O) groups excluding carboxylic acids is 1. The summed E-state index contributed by atoms with van der Waals surface area (Å²) in [5.41, 5.74) is 2.63. The Hall–Kier alpha value is -1.05. The van der Waals surface area contributed by atoms with Crippen molar-refractivity contribution in [1.82, 2.24) is 0 Å². The molecule has 8 atom stereocenters. The van der Waals surface area contributed by atoms with Gasteiger partial charge in [-0.3, -0.25) is 4.79 Å². The SMILES string of the molecule is C=C(O)[C@@H](C)CCCC(C)[C@H]1CCC2C3=CCC4CC(=O)CC[C@]4(C)C3CC[C@@]21C. The van der Waals surface area contributed by atoms with Gasteiger partial charge in [-0.15, -0.1) is 0 Å². The average molecular weight is 413 g/mol. The highest BCUT2D eigenvalue weighted by molar-refractivity contribution is 5.79. The molecule has 3 saturated carbocycles. The zero-order valence-corrected chi connectivity index (χ0v) is 19.9. The van der Waals surface area contributed by atoms with Crippen molar-refractivity contribution in [2.75, 3.05) is 0 Å². The molecule has 4 unspecified atom stereocenters. The van der Waals surface area contributed by atoms with E-state index in [1.165, 1.54) is 38.5 Å². The summed E-state index contributed by atoms with van der Waals surface area (Å²) in [7, 11) is 0. The van der Waals surface area contributed by atoms with Gasteiger partial charge in [0.1, 0.15) is 5.78 Å². The van der Waals surface area contributed by atoms with Gasteiger partial charge >= 0.3 is 0 Å². The molecular weight excluding hydrogens is 368 g/mol. The number of allylic oxidation sites excluding steroid dienone is 3. The van der Waals surface area contributed by atoms with Gasteiger partial charge in [-0.05, 0) is 85.4 Å². The topological polar surface area (TPSA) is 37.3 Å². The molecule has 0 radical (unpaired) electrons. The van der Waals surface area contributed by atoms with Crippen LogP contribution in [-0.2, 0) is 4.79 Å². The van der Waals surface area contributed by atoms with E-state index >= 15 is 0 Å². The first-order valence-electron chi connectivity index (χ1n) is 12.8. The van der Waals surface area contributed by atoms with Gasteiger partial charge < -0.3 is 5.11 Å². The van der Waals surface area contributed by atoms with Gasteiger partial charge in [0, 0.05) is 18.8 Å². The molecule has 4 rings (SSSR count). The lowest BCUT2D eigenvalue weighted by molar-refractivity contribution is -0.127. The van der Waals surface area contributed by atoms with E-state index in [1.807, 2.05) is 0 Å². The number of rotatable bonds is 6. The van der Waals surface area contributed by atoms with Crippen molar-refractivity contribution in [3.8, 4) is 0 Å². The summed E-state index contributed by atoms with van der Waals surface area (Å²) in [6, 6.07) is 0. The predicted molar refractivity (Wildman–Crippen MR) is 124 cm³/mol. The maximum Gasteiger partial charge on any atom is 0.133 e. The van der Waals surface area contributed by atoms with E-state index in [1.54, 1.807) is 5.57 Å². The highest BCUT2D eigenvalue weighted by Gasteiger charge is 2.58. The van der Waals surface area contributed by atoms with Crippen molar-refractivity contribution in [2.45, 2.75) is 98.3 Å². The second-order valence-corrected chi connectivity index (χ2v) is 12.0. The van der Waals surface area contributed by atoms with Gasteiger partial charge in [-0.2, -0.15) is 0 Å². The first-order valence-corrected chi connectivity index (χ1v) is 12.8. The molecule has 0 spiro atoms. The van der Waals surface area contributed by atoms with Crippen molar-refractivity contribution < 1.29 is 9.90 Å². The van der Waals surface area contributed by atoms with Crippen LogP contribution in [0.15, 0.2) is 24.0 Å². The Morgan fingerprint density at radius 3 is 2.60 bits per heavy atom. The third kappa shape index (κ3) is 3.61. The molecule has 0 aromatic carbocycles. The number of aliphatic hydroxyl groups is 1. The third-order valence-corrected chi connectivity index (χ3v) is 10.5. The molecule has 0 aromatic heterocycles. The van der Waals surface area contributed by atoms with Crippen LogP contribution >= 0.6 is 0 Å². The molecule has 0 saturated heterocycles. The lowest BCUT2D eigenvalue weighted by Gasteiger charge is -2.57. The molecule has 168 valence electrons. The van der Waals surface area contributed by atoms with E-state index in [0.29, 0.717) is 28.3 Å². The summed E-state index contributed by atoms with van der Waals surface area (Å²) in [6.45, 7) is 13.4. The van der Waals surface area contributed by atoms with Gasteiger partial charge in [0.2, 0.25) is 0 Å². The van der Waals surface area contributed by atoms with E-state index in [9.17, 15) is 9.90 Å². The number of fused-ring (bicyclic) bond motifs is 5. The quantitative estimate of drug-likeness (QED) is 0.359. The standard InChI is InChI=1S/C28H44O2/c1-18(20(3)29)7-6-8-19(2)24-11-12-25-23-10-9-21-17-22(30)13-15-27(21,4)26(23)14-16-28(24,25)5/h10,18-19,21,24-26,29H,3,6-9,11-17H2,1-2,4-5H3/t18-,19?,21?,24+,25?,26?,27-,28+/m0/s1.